The second kappa shape index (κ2) is 7.99. The molecule has 1 saturated heterocycles. The predicted octanol–water partition coefficient (Wildman–Crippen LogP) is 3.76. The zero-order valence-corrected chi connectivity index (χ0v) is 15.1. The number of thiophene rings is 1. The van der Waals surface area contributed by atoms with Gasteiger partial charge in [-0.25, -0.2) is 0 Å². The molecule has 27 heavy (non-hydrogen) atoms. The van der Waals surface area contributed by atoms with Crippen molar-refractivity contribution in [3.05, 3.63) is 52.2 Å². The van der Waals surface area contributed by atoms with Crippen LogP contribution in [0.4, 0.5) is 18.9 Å². The van der Waals surface area contributed by atoms with Crippen molar-refractivity contribution in [2.24, 2.45) is 5.92 Å². The zero-order chi connectivity index (χ0) is 19.4. The lowest BCUT2D eigenvalue weighted by molar-refractivity contribution is -0.137. The fourth-order valence-corrected chi connectivity index (χ4v) is 3.69. The molecule has 144 valence electrons. The van der Waals surface area contributed by atoms with Gasteiger partial charge in [0.15, 0.2) is 0 Å². The van der Waals surface area contributed by atoms with Gasteiger partial charge in [-0.15, -0.1) is 11.3 Å². The lowest BCUT2D eigenvalue weighted by Gasteiger charge is -2.32. The maximum atomic E-state index is 13.0. The maximum Gasteiger partial charge on any atom is 0.418 e. The molecule has 1 aliphatic rings. The van der Waals surface area contributed by atoms with E-state index < -0.39 is 23.6 Å². The summed E-state index contributed by atoms with van der Waals surface area (Å²) >= 11 is 1.34. The third-order valence-corrected chi connectivity index (χ3v) is 5.22. The van der Waals surface area contributed by atoms with Gasteiger partial charge in [0, 0.05) is 13.1 Å². The van der Waals surface area contributed by atoms with Crippen molar-refractivity contribution < 1.29 is 22.8 Å². The molecule has 0 unspecified atom stereocenters. The van der Waals surface area contributed by atoms with Gasteiger partial charge in [-0.2, -0.15) is 13.2 Å². The number of amides is 2. The molecule has 2 amide bonds. The number of hydrazine groups is 1. The smallest absolute Gasteiger partial charge is 0.337 e. The summed E-state index contributed by atoms with van der Waals surface area (Å²) < 4.78 is 39.0. The van der Waals surface area contributed by atoms with Crippen molar-refractivity contribution in [3.8, 4) is 0 Å². The molecule has 2 aromatic rings. The summed E-state index contributed by atoms with van der Waals surface area (Å²) in [5, 5.41) is 1.81. The minimum Gasteiger partial charge on any atom is -0.337 e. The first-order valence-corrected chi connectivity index (χ1v) is 9.29. The normalized spacial score (nSPS) is 17.4. The van der Waals surface area contributed by atoms with E-state index in [0.29, 0.717) is 24.3 Å². The van der Waals surface area contributed by atoms with Crippen LogP contribution < -0.4 is 10.9 Å². The average molecular weight is 397 g/mol. The predicted molar refractivity (Wildman–Crippen MR) is 96.2 cm³/mol. The largest absolute Gasteiger partial charge is 0.418 e. The SMILES string of the molecule is O=C(NNc1ccccc1C(F)(F)F)[C@H]1CCCN(C(=O)c2cccs2)C1. The molecular weight excluding hydrogens is 379 g/mol. The summed E-state index contributed by atoms with van der Waals surface area (Å²) in [7, 11) is 0. The summed E-state index contributed by atoms with van der Waals surface area (Å²) in [5.74, 6) is -1.04. The van der Waals surface area contributed by atoms with Gasteiger partial charge < -0.3 is 4.90 Å². The molecule has 9 heteroatoms. The van der Waals surface area contributed by atoms with Crippen molar-refractivity contribution in [1.82, 2.24) is 10.3 Å². The van der Waals surface area contributed by atoms with Crippen LogP contribution in [-0.4, -0.2) is 29.8 Å². The minimum atomic E-state index is -4.52. The van der Waals surface area contributed by atoms with Gasteiger partial charge in [0.05, 0.1) is 22.0 Å². The number of hydrogen-bond donors (Lipinski definition) is 2. The fourth-order valence-electron chi connectivity index (χ4n) is 3.00. The molecule has 5 nitrogen and oxygen atoms in total. The first-order chi connectivity index (χ1) is 12.9. The van der Waals surface area contributed by atoms with E-state index >= 15 is 0 Å². The number of alkyl halides is 3. The standard InChI is InChI=1S/C18H18F3N3O2S/c19-18(20,21)13-6-1-2-7-14(13)22-23-16(25)12-5-3-9-24(11-12)17(26)15-8-4-10-27-15/h1-2,4,6-8,10,12,22H,3,5,9,11H2,(H,23,25)/t12-/m0/s1. The number of hydrogen-bond acceptors (Lipinski definition) is 4. The lowest BCUT2D eigenvalue weighted by Crippen LogP contribution is -2.46. The van der Waals surface area contributed by atoms with Gasteiger partial charge in [0.2, 0.25) is 5.91 Å². The highest BCUT2D eigenvalue weighted by molar-refractivity contribution is 7.12. The number of benzene rings is 1. The number of carbonyl (C=O) groups is 2. The number of halogens is 3. The lowest BCUT2D eigenvalue weighted by atomic mass is 9.97. The third kappa shape index (κ3) is 4.60. The van der Waals surface area contributed by atoms with Crippen LogP contribution in [0.25, 0.3) is 0 Å². The maximum absolute atomic E-state index is 13.0. The van der Waals surface area contributed by atoms with Gasteiger partial charge in [-0.1, -0.05) is 18.2 Å². The highest BCUT2D eigenvalue weighted by Gasteiger charge is 2.34. The number of rotatable bonds is 4. The summed E-state index contributed by atoms with van der Waals surface area (Å²) in [4.78, 5) is 27.0. The minimum absolute atomic E-state index is 0.127. The third-order valence-electron chi connectivity index (χ3n) is 4.36. The molecule has 1 atom stereocenters. The van der Waals surface area contributed by atoms with Gasteiger partial charge in [-0.3, -0.25) is 20.4 Å². The molecule has 2 heterocycles. The number of piperidine rings is 1. The van der Waals surface area contributed by atoms with Crippen LogP contribution >= 0.6 is 11.3 Å². The second-order valence-corrected chi connectivity index (χ2v) is 7.17. The van der Waals surface area contributed by atoms with Crippen molar-refractivity contribution in [1.29, 1.82) is 0 Å². The number of nitrogens with one attached hydrogen (secondary N) is 2. The quantitative estimate of drug-likeness (QED) is 0.773. The molecule has 2 N–H and O–H groups in total. The Balaban J connectivity index is 1.61. The van der Waals surface area contributed by atoms with Gasteiger partial charge in [0.1, 0.15) is 0 Å². The van der Waals surface area contributed by atoms with Crippen LogP contribution in [0.15, 0.2) is 41.8 Å². The van der Waals surface area contributed by atoms with Crippen LogP contribution in [-0.2, 0) is 11.0 Å². The Labute approximate surface area is 158 Å². The molecule has 1 aromatic heterocycles. The first kappa shape index (κ1) is 19.2. The Hall–Kier alpha value is -2.55. The molecule has 0 spiro atoms. The van der Waals surface area contributed by atoms with Gasteiger partial charge >= 0.3 is 6.18 Å². The van der Waals surface area contributed by atoms with E-state index in [2.05, 4.69) is 10.9 Å². The molecule has 1 aliphatic heterocycles. The van der Waals surface area contributed by atoms with Crippen LogP contribution in [0.2, 0.25) is 0 Å². The van der Waals surface area contributed by atoms with E-state index in [4.69, 9.17) is 0 Å². The number of anilines is 1. The molecule has 0 bridgehead atoms. The molecule has 3 rings (SSSR count). The molecular formula is C18H18F3N3O2S. The molecule has 0 radical (unpaired) electrons. The van der Waals surface area contributed by atoms with E-state index in [0.717, 1.165) is 6.07 Å². The monoisotopic (exact) mass is 397 g/mol. The fraction of sp³-hybridized carbons (Fsp3) is 0.333. The Morgan fingerprint density at radius 1 is 1.15 bits per heavy atom. The summed E-state index contributed by atoms with van der Waals surface area (Å²) in [5.41, 5.74) is 3.64. The van der Waals surface area contributed by atoms with E-state index in [-0.39, 0.29) is 18.1 Å². The van der Waals surface area contributed by atoms with Crippen LogP contribution in [0.5, 0.6) is 0 Å². The molecule has 1 aromatic carbocycles. The topological polar surface area (TPSA) is 61.4 Å². The van der Waals surface area contributed by atoms with Crippen molar-refractivity contribution in [2.45, 2.75) is 19.0 Å². The van der Waals surface area contributed by atoms with Crippen molar-refractivity contribution in [3.63, 3.8) is 0 Å². The highest BCUT2D eigenvalue weighted by atomic mass is 32.1. The van der Waals surface area contributed by atoms with E-state index in [1.54, 1.807) is 17.0 Å². The van der Waals surface area contributed by atoms with Crippen LogP contribution in [0.3, 0.4) is 0 Å². The summed E-state index contributed by atoms with van der Waals surface area (Å²) in [6.45, 7) is 0.802. The van der Waals surface area contributed by atoms with E-state index in [9.17, 15) is 22.8 Å². The first-order valence-electron chi connectivity index (χ1n) is 8.41. The van der Waals surface area contributed by atoms with Gasteiger partial charge in [0.25, 0.3) is 5.91 Å². The van der Waals surface area contributed by atoms with E-state index in [1.807, 2.05) is 5.38 Å². The number of para-hydroxylation sites is 1. The highest BCUT2D eigenvalue weighted by Crippen LogP contribution is 2.34. The van der Waals surface area contributed by atoms with Crippen molar-refractivity contribution in [2.75, 3.05) is 18.5 Å². The average Bonchev–Trinajstić information content (AvgIpc) is 3.20. The van der Waals surface area contributed by atoms with Crippen LogP contribution in [0, 0.1) is 5.92 Å². The molecule has 0 saturated carbocycles. The molecule has 1 fully saturated rings. The Morgan fingerprint density at radius 3 is 2.63 bits per heavy atom. The Morgan fingerprint density at radius 2 is 1.93 bits per heavy atom. The number of likely N-dealkylation sites (tertiary alicyclic amines) is 1. The van der Waals surface area contributed by atoms with Gasteiger partial charge in [-0.05, 0) is 36.4 Å². The Bertz CT molecular complexity index is 808. The summed E-state index contributed by atoms with van der Waals surface area (Å²) in [6, 6.07) is 8.43. The van der Waals surface area contributed by atoms with E-state index in [1.165, 1.54) is 29.5 Å². The number of nitrogens with zero attached hydrogens (tertiary/aromatic N) is 1. The van der Waals surface area contributed by atoms with Crippen molar-refractivity contribution >= 4 is 28.8 Å². The number of carbonyl (C=O) groups excluding carboxylic acids is 2. The summed E-state index contributed by atoms with van der Waals surface area (Å²) in [6.07, 6.45) is -3.29. The van der Waals surface area contributed by atoms with Crippen LogP contribution in [0.1, 0.15) is 28.1 Å². The second-order valence-electron chi connectivity index (χ2n) is 6.23. The zero-order valence-electron chi connectivity index (χ0n) is 14.3. The Kier molecular flexibility index (Phi) is 5.69. The molecule has 0 aliphatic carbocycles.